The van der Waals surface area contributed by atoms with Gasteiger partial charge in [0.25, 0.3) is 0 Å². The first-order chi connectivity index (χ1) is 8.35. The van der Waals surface area contributed by atoms with Gasteiger partial charge in [0.15, 0.2) is 0 Å². The fourth-order valence-corrected chi connectivity index (χ4v) is 3.32. The van der Waals surface area contributed by atoms with E-state index < -0.39 is 5.54 Å². The van der Waals surface area contributed by atoms with Gasteiger partial charge in [0, 0.05) is 18.1 Å². The van der Waals surface area contributed by atoms with Crippen LogP contribution in [0.1, 0.15) is 53.4 Å². The second-order valence-corrected chi connectivity index (χ2v) is 5.94. The number of carbonyl (C=O) groups excluding carboxylic acids is 1. The Balaban J connectivity index is 2.74. The van der Waals surface area contributed by atoms with Crippen molar-refractivity contribution in [3.8, 4) is 0 Å². The monoisotopic (exact) mass is 255 g/mol. The Morgan fingerprint density at radius 1 is 1.56 bits per heavy atom. The van der Waals surface area contributed by atoms with E-state index >= 15 is 0 Å². The lowest BCUT2D eigenvalue weighted by Crippen LogP contribution is -2.56. The van der Waals surface area contributed by atoms with E-state index in [0.717, 1.165) is 6.42 Å². The number of rotatable bonds is 6. The minimum atomic E-state index is -0.611. The molecule has 0 spiro atoms. The van der Waals surface area contributed by atoms with Crippen molar-refractivity contribution in [3.05, 3.63) is 0 Å². The number of nitrogens with two attached hydrogens (primary N) is 1. The Hall–Kier alpha value is -0.610. The molecule has 1 fully saturated rings. The first-order valence-electron chi connectivity index (χ1n) is 7.12. The number of hydrogen-bond donors (Lipinski definition) is 2. The van der Waals surface area contributed by atoms with Crippen LogP contribution in [0, 0.1) is 0 Å². The molecule has 3 N–H and O–H groups in total. The summed E-state index contributed by atoms with van der Waals surface area (Å²) in [5, 5.41) is 3.08. The topological polar surface area (TPSA) is 58.4 Å². The molecule has 0 radical (unpaired) electrons. The SMILES string of the molecule is CCC1CCC(C)N1C(C)CC(C)(NC)C(N)=O. The molecule has 1 heterocycles. The summed E-state index contributed by atoms with van der Waals surface area (Å²) in [4.78, 5) is 14.1. The van der Waals surface area contributed by atoms with Gasteiger partial charge in [-0.3, -0.25) is 9.69 Å². The highest BCUT2D eigenvalue weighted by molar-refractivity contribution is 5.84. The molecule has 1 aliphatic heterocycles. The Morgan fingerprint density at radius 2 is 2.17 bits per heavy atom. The number of primary amides is 1. The average Bonchev–Trinajstić information content (AvgIpc) is 2.69. The lowest BCUT2D eigenvalue weighted by Gasteiger charge is -2.38. The summed E-state index contributed by atoms with van der Waals surface area (Å²) in [6.07, 6.45) is 4.48. The van der Waals surface area contributed by atoms with Gasteiger partial charge in [0.1, 0.15) is 0 Å². The van der Waals surface area contributed by atoms with Gasteiger partial charge in [-0.2, -0.15) is 0 Å². The van der Waals surface area contributed by atoms with Crippen LogP contribution < -0.4 is 11.1 Å². The number of nitrogens with zero attached hydrogens (tertiary/aromatic N) is 1. The van der Waals surface area contributed by atoms with Gasteiger partial charge >= 0.3 is 0 Å². The zero-order valence-corrected chi connectivity index (χ0v) is 12.5. The molecule has 1 saturated heterocycles. The van der Waals surface area contributed by atoms with Gasteiger partial charge in [-0.25, -0.2) is 0 Å². The molecule has 106 valence electrons. The highest BCUT2D eigenvalue weighted by Crippen LogP contribution is 2.30. The number of carbonyl (C=O) groups is 1. The van der Waals surface area contributed by atoms with Crippen molar-refractivity contribution in [2.45, 2.75) is 77.0 Å². The van der Waals surface area contributed by atoms with Crippen LogP contribution in [0.2, 0.25) is 0 Å². The molecule has 4 heteroatoms. The van der Waals surface area contributed by atoms with Gasteiger partial charge in [-0.1, -0.05) is 6.92 Å². The summed E-state index contributed by atoms with van der Waals surface area (Å²) in [7, 11) is 1.81. The van der Waals surface area contributed by atoms with Gasteiger partial charge in [-0.05, 0) is 53.5 Å². The fraction of sp³-hybridized carbons (Fsp3) is 0.929. The zero-order valence-electron chi connectivity index (χ0n) is 12.5. The predicted octanol–water partition coefficient (Wildman–Crippen LogP) is 1.49. The third kappa shape index (κ3) is 3.04. The van der Waals surface area contributed by atoms with E-state index in [2.05, 4.69) is 31.0 Å². The van der Waals surface area contributed by atoms with Crippen molar-refractivity contribution in [2.75, 3.05) is 7.05 Å². The maximum absolute atomic E-state index is 11.6. The smallest absolute Gasteiger partial charge is 0.237 e. The highest BCUT2D eigenvalue weighted by atomic mass is 16.1. The number of amides is 1. The van der Waals surface area contributed by atoms with Crippen LogP contribution in [-0.4, -0.2) is 41.5 Å². The first kappa shape index (κ1) is 15.4. The van der Waals surface area contributed by atoms with Crippen molar-refractivity contribution >= 4 is 5.91 Å². The van der Waals surface area contributed by atoms with Crippen LogP contribution >= 0.6 is 0 Å². The van der Waals surface area contributed by atoms with Gasteiger partial charge in [0.2, 0.25) is 5.91 Å². The molecule has 0 aromatic heterocycles. The minimum absolute atomic E-state index is 0.267. The first-order valence-corrected chi connectivity index (χ1v) is 7.12. The maximum atomic E-state index is 11.6. The Kier molecular flexibility index (Phi) is 5.17. The van der Waals surface area contributed by atoms with E-state index in [1.807, 2.05) is 14.0 Å². The zero-order chi connectivity index (χ0) is 13.9. The van der Waals surface area contributed by atoms with E-state index in [1.165, 1.54) is 19.3 Å². The fourth-order valence-electron chi connectivity index (χ4n) is 3.32. The van der Waals surface area contributed by atoms with Crippen LogP contribution in [0.5, 0.6) is 0 Å². The molecule has 4 nitrogen and oxygen atoms in total. The molecular weight excluding hydrogens is 226 g/mol. The second kappa shape index (κ2) is 6.02. The third-order valence-electron chi connectivity index (χ3n) is 4.63. The summed E-state index contributed by atoms with van der Waals surface area (Å²) >= 11 is 0. The molecular formula is C14H29N3O. The third-order valence-corrected chi connectivity index (χ3v) is 4.63. The normalized spacial score (nSPS) is 30.1. The number of nitrogens with one attached hydrogen (secondary N) is 1. The van der Waals surface area contributed by atoms with E-state index in [1.54, 1.807) is 0 Å². The quantitative estimate of drug-likeness (QED) is 0.756. The summed E-state index contributed by atoms with van der Waals surface area (Å²) in [6.45, 7) is 8.64. The van der Waals surface area contributed by atoms with Crippen LogP contribution in [0.15, 0.2) is 0 Å². The van der Waals surface area contributed by atoms with E-state index in [0.29, 0.717) is 18.1 Å². The average molecular weight is 255 g/mol. The van der Waals surface area contributed by atoms with Crippen molar-refractivity contribution in [2.24, 2.45) is 5.73 Å². The molecule has 18 heavy (non-hydrogen) atoms. The Morgan fingerprint density at radius 3 is 2.61 bits per heavy atom. The minimum Gasteiger partial charge on any atom is -0.368 e. The van der Waals surface area contributed by atoms with Gasteiger partial charge < -0.3 is 11.1 Å². The summed E-state index contributed by atoms with van der Waals surface area (Å²) in [6, 6.07) is 1.64. The van der Waals surface area contributed by atoms with Gasteiger partial charge in [0.05, 0.1) is 5.54 Å². The van der Waals surface area contributed by atoms with Crippen LogP contribution in [-0.2, 0) is 4.79 Å². The van der Waals surface area contributed by atoms with Crippen molar-refractivity contribution in [1.29, 1.82) is 0 Å². The summed E-state index contributed by atoms with van der Waals surface area (Å²) in [5.41, 5.74) is 4.90. The Labute approximate surface area is 111 Å². The maximum Gasteiger partial charge on any atom is 0.237 e. The standard InChI is InChI=1S/C14H29N3O/c1-6-12-8-7-10(2)17(12)11(3)9-14(4,16-5)13(15)18/h10-12,16H,6-9H2,1-5H3,(H2,15,18). The second-order valence-electron chi connectivity index (χ2n) is 5.94. The lowest BCUT2D eigenvalue weighted by molar-refractivity contribution is -0.124. The highest BCUT2D eigenvalue weighted by Gasteiger charge is 2.38. The number of likely N-dealkylation sites (tertiary alicyclic amines) is 1. The van der Waals surface area contributed by atoms with Crippen LogP contribution in [0.4, 0.5) is 0 Å². The molecule has 0 aromatic carbocycles. The van der Waals surface area contributed by atoms with Crippen molar-refractivity contribution < 1.29 is 4.79 Å². The molecule has 0 aromatic rings. The van der Waals surface area contributed by atoms with Crippen molar-refractivity contribution in [3.63, 3.8) is 0 Å². The molecule has 1 aliphatic rings. The largest absolute Gasteiger partial charge is 0.368 e. The van der Waals surface area contributed by atoms with E-state index in [9.17, 15) is 4.79 Å². The summed E-state index contributed by atoms with van der Waals surface area (Å²) < 4.78 is 0. The predicted molar refractivity (Wildman–Crippen MR) is 75.4 cm³/mol. The molecule has 1 amide bonds. The molecule has 0 saturated carbocycles. The van der Waals surface area contributed by atoms with E-state index in [-0.39, 0.29) is 5.91 Å². The molecule has 1 rings (SSSR count). The van der Waals surface area contributed by atoms with Crippen LogP contribution in [0.25, 0.3) is 0 Å². The van der Waals surface area contributed by atoms with Gasteiger partial charge in [-0.15, -0.1) is 0 Å². The molecule has 0 bridgehead atoms. The molecule has 0 aliphatic carbocycles. The Bertz CT molecular complexity index is 295. The number of likely N-dealkylation sites (N-methyl/N-ethyl adjacent to an activating group) is 1. The molecule has 4 unspecified atom stereocenters. The van der Waals surface area contributed by atoms with Crippen molar-refractivity contribution in [1.82, 2.24) is 10.2 Å². The summed E-state index contributed by atoms with van der Waals surface area (Å²) in [5.74, 6) is -0.267. The van der Waals surface area contributed by atoms with E-state index in [4.69, 9.17) is 5.73 Å². The molecule has 4 atom stereocenters. The van der Waals surface area contributed by atoms with Crippen LogP contribution in [0.3, 0.4) is 0 Å². The lowest BCUT2D eigenvalue weighted by atomic mass is 9.91. The number of hydrogen-bond acceptors (Lipinski definition) is 3.